The lowest BCUT2D eigenvalue weighted by molar-refractivity contribution is -0.0921. The summed E-state index contributed by atoms with van der Waals surface area (Å²) < 4.78 is 5.14. The minimum Gasteiger partial charge on any atom is -0.364 e. The number of aliphatic hydroxyl groups excluding tert-OH is 1. The van der Waals surface area contributed by atoms with E-state index in [2.05, 4.69) is 6.07 Å². The SMILES string of the molecule is Cc1ccc(C)c2c1COC2O. The molecule has 2 rings (SSSR count). The summed E-state index contributed by atoms with van der Waals surface area (Å²) in [6.45, 7) is 4.58. The second-order valence-corrected chi connectivity index (χ2v) is 3.25. The van der Waals surface area contributed by atoms with E-state index < -0.39 is 6.29 Å². The number of ether oxygens (including phenoxy) is 1. The first-order chi connectivity index (χ1) is 5.70. The fourth-order valence-corrected chi connectivity index (χ4v) is 1.67. The molecule has 2 nitrogen and oxygen atoms in total. The zero-order chi connectivity index (χ0) is 8.72. The maximum Gasteiger partial charge on any atom is 0.182 e. The van der Waals surface area contributed by atoms with Crippen LogP contribution in [0, 0.1) is 13.8 Å². The Labute approximate surface area is 71.8 Å². The summed E-state index contributed by atoms with van der Waals surface area (Å²) in [4.78, 5) is 0. The monoisotopic (exact) mass is 164 g/mol. The smallest absolute Gasteiger partial charge is 0.182 e. The Bertz CT molecular complexity index is 318. The van der Waals surface area contributed by atoms with E-state index in [4.69, 9.17) is 4.74 Å². The highest BCUT2D eigenvalue weighted by atomic mass is 16.6. The Morgan fingerprint density at radius 3 is 2.67 bits per heavy atom. The molecule has 1 unspecified atom stereocenters. The van der Waals surface area contributed by atoms with Gasteiger partial charge in [-0.15, -0.1) is 0 Å². The lowest BCUT2D eigenvalue weighted by Crippen LogP contribution is -1.96. The van der Waals surface area contributed by atoms with Gasteiger partial charge in [-0.25, -0.2) is 0 Å². The number of rotatable bonds is 0. The van der Waals surface area contributed by atoms with Gasteiger partial charge in [-0.1, -0.05) is 12.1 Å². The fourth-order valence-electron chi connectivity index (χ4n) is 1.67. The molecular weight excluding hydrogens is 152 g/mol. The topological polar surface area (TPSA) is 29.5 Å². The van der Waals surface area contributed by atoms with E-state index in [-0.39, 0.29) is 0 Å². The van der Waals surface area contributed by atoms with Crippen LogP contribution in [0.2, 0.25) is 0 Å². The van der Waals surface area contributed by atoms with E-state index in [1.165, 1.54) is 5.56 Å². The average molecular weight is 164 g/mol. The molecule has 0 saturated heterocycles. The zero-order valence-electron chi connectivity index (χ0n) is 7.29. The van der Waals surface area contributed by atoms with Crippen molar-refractivity contribution >= 4 is 0 Å². The Morgan fingerprint density at radius 2 is 2.00 bits per heavy atom. The van der Waals surface area contributed by atoms with Crippen molar-refractivity contribution in [3.05, 3.63) is 34.4 Å². The molecule has 1 N–H and O–H groups in total. The van der Waals surface area contributed by atoms with Crippen molar-refractivity contribution in [3.8, 4) is 0 Å². The van der Waals surface area contributed by atoms with Crippen LogP contribution >= 0.6 is 0 Å². The van der Waals surface area contributed by atoms with Crippen molar-refractivity contribution in [2.45, 2.75) is 26.7 Å². The first kappa shape index (κ1) is 7.77. The molecule has 12 heavy (non-hydrogen) atoms. The summed E-state index contributed by atoms with van der Waals surface area (Å²) in [6, 6.07) is 4.08. The molecule has 0 aromatic heterocycles. The quantitative estimate of drug-likeness (QED) is 0.633. The molecule has 1 heterocycles. The molecule has 0 amide bonds. The van der Waals surface area contributed by atoms with E-state index in [0.717, 1.165) is 16.7 Å². The van der Waals surface area contributed by atoms with Crippen molar-refractivity contribution in [3.63, 3.8) is 0 Å². The van der Waals surface area contributed by atoms with Gasteiger partial charge >= 0.3 is 0 Å². The Balaban J connectivity index is 2.64. The normalized spacial score (nSPS) is 21.1. The van der Waals surface area contributed by atoms with Gasteiger partial charge in [0.15, 0.2) is 6.29 Å². The molecule has 0 saturated carbocycles. The van der Waals surface area contributed by atoms with Crippen LogP contribution < -0.4 is 0 Å². The standard InChI is InChI=1S/C10H12O2/c1-6-3-4-7(2)9-8(6)5-12-10(9)11/h3-4,10-11H,5H2,1-2H3. The van der Waals surface area contributed by atoms with E-state index in [9.17, 15) is 5.11 Å². The summed E-state index contributed by atoms with van der Waals surface area (Å²) in [6.07, 6.45) is -0.708. The van der Waals surface area contributed by atoms with Gasteiger partial charge in [0.1, 0.15) is 0 Å². The summed E-state index contributed by atoms with van der Waals surface area (Å²) in [5, 5.41) is 9.46. The van der Waals surface area contributed by atoms with Gasteiger partial charge in [-0.05, 0) is 30.5 Å². The molecule has 1 atom stereocenters. The third-order valence-corrected chi connectivity index (χ3v) is 2.44. The Hall–Kier alpha value is -0.860. The van der Waals surface area contributed by atoms with Crippen molar-refractivity contribution in [2.24, 2.45) is 0 Å². The fraction of sp³-hybridized carbons (Fsp3) is 0.400. The Morgan fingerprint density at radius 1 is 1.33 bits per heavy atom. The van der Waals surface area contributed by atoms with Crippen LogP contribution in [-0.2, 0) is 11.3 Å². The molecule has 2 heteroatoms. The van der Waals surface area contributed by atoms with Crippen LogP contribution in [0.3, 0.4) is 0 Å². The first-order valence-electron chi connectivity index (χ1n) is 4.09. The van der Waals surface area contributed by atoms with Gasteiger partial charge in [0, 0.05) is 5.56 Å². The number of aryl methyl sites for hydroxylation is 2. The predicted molar refractivity (Wildman–Crippen MR) is 45.7 cm³/mol. The van der Waals surface area contributed by atoms with E-state index in [1.54, 1.807) is 0 Å². The van der Waals surface area contributed by atoms with Crippen LogP contribution in [0.1, 0.15) is 28.5 Å². The summed E-state index contributed by atoms with van der Waals surface area (Å²) in [5.74, 6) is 0. The molecule has 0 spiro atoms. The lowest BCUT2D eigenvalue weighted by atomic mass is 9.99. The number of hydrogen-bond donors (Lipinski definition) is 1. The zero-order valence-corrected chi connectivity index (χ0v) is 7.29. The average Bonchev–Trinajstić information content (AvgIpc) is 2.42. The van der Waals surface area contributed by atoms with Gasteiger partial charge in [0.25, 0.3) is 0 Å². The maximum atomic E-state index is 9.46. The molecule has 0 bridgehead atoms. The van der Waals surface area contributed by atoms with Crippen LogP contribution in [0.4, 0.5) is 0 Å². The number of fused-ring (bicyclic) bond motifs is 1. The van der Waals surface area contributed by atoms with Crippen molar-refractivity contribution in [1.82, 2.24) is 0 Å². The van der Waals surface area contributed by atoms with Gasteiger partial charge in [-0.3, -0.25) is 0 Å². The summed E-state index contributed by atoms with van der Waals surface area (Å²) in [5.41, 5.74) is 4.44. The third kappa shape index (κ3) is 0.958. The highest BCUT2D eigenvalue weighted by Crippen LogP contribution is 2.32. The highest BCUT2D eigenvalue weighted by molar-refractivity contribution is 5.42. The largest absolute Gasteiger partial charge is 0.364 e. The van der Waals surface area contributed by atoms with Crippen molar-refractivity contribution in [2.75, 3.05) is 0 Å². The third-order valence-electron chi connectivity index (χ3n) is 2.44. The Kier molecular flexibility index (Phi) is 1.67. The van der Waals surface area contributed by atoms with Gasteiger partial charge in [0.05, 0.1) is 6.61 Å². The summed E-state index contributed by atoms with van der Waals surface area (Å²) in [7, 11) is 0. The van der Waals surface area contributed by atoms with Crippen molar-refractivity contribution in [1.29, 1.82) is 0 Å². The van der Waals surface area contributed by atoms with Crippen LogP contribution in [0.15, 0.2) is 12.1 Å². The number of aliphatic hydroxyl groups is 1. The summed E-state index contributed by atoms with van der Waals surface area (Å²) >= 11 is 0. The van der Waals surface area contributed by atoms with Gasteiger partial charge in [-0.2, -0.15) is 0 Å². The molecule has 1 aromatic carbocycles. The van der Waals surface area contributed by atoms with E-state index in [0.29, 0.717) is 6.61 Å². The van der Waals surface area contributed by atoms with Crippen LogP contribution in [0.25, 0.3) is 0 Å². The van der Waals surface area contributed by atoms with Crippen LogP contribution in [-0.4, -0.2) is 5.11 Å². The minimum atomic E-state index is -0.708. The second kappa shape index (κ2) is 2.57. The molecular formula is C10H12O2. The van der Waals surface area contributed by atoms with Gasteiger partial charge in [0.2, 0.25) is 0 Å². The molecule has 64 valence electrons. The van der Waals surface area contributed by atoms with E-state index in [1.807, 2.05) is 19.9 Å². The first-order valence-corrected chi connectivity index (χ1v) is 4.09. The highest BCUT2D eigenvalue weighted by Gasteiger charge is 2.23. The molecule has 1 aliphatic heterocycles. The minimum absolute atomic E-state index is 0.546. The van der Waals surface area contributed by atoms with Crippen LogP contribution in [0.5, 0.6) is 0 Å². The molecule has 0 fully saturated rings. The number of benzene rings is 1. The van der Waals surface area contributed by atoms with Gasteiger partial charge < -0.3 is 9.84 Å². The molecule has 1 aromatic rings. The molecule has 0 radical (unpaired) electrons. The second-order valence-electron chi connectivity index (χ2n) is 3.25. The number of hydrogen-bond acceptors (Lipinski definition) is 2. The van der Waals surface area contributed by atoms with E-state index >= 15 is 0 Å². The predicted octanol–water partition coefficient (Wildman–Crippen LogP) is 1.82. The lowest BCUT2D eigenvalue weighted by Gasteiger charge is -2.07. The molecule has 0 aliphatic carbocycles. The van der Waals surface area contributed by atoms with Crippen molar-refractivity contribution < 1.29 is 9.84 Å². The molecule has 1 aliphatic rings. The maximum absolute atomic E-state index is 9.46.